The van der Waals surface area contributed by atoms with Crippen LogP contribution in [0, 0.1) is 13.8 Å². The van der Waals surface area contributed by atoms with Crippen LogP contribution in [0.15, 0.2) is 6.07 Å². The summed E-state index contributed by atoms with van der Waals surface area (Å²) in [5.41, 5.74) is 2.98. The number of amides is 2. The van der Waals surface area contributed by atoms with E-state index in [2.05, 4.69) is 16.8 Å². The van der Waals surface area contributed by atoms with E-state index in [-0.39, 0.29) is 30.3 Å². The largest absolute Gasteiger partial charge is 0.349 e. The molecule has 0 aliphatic carbocycles. The van der Waals surface area contributed by atoms with Crippen LogP contribution in [0.1, 0.15) is 41.5 Å². The zero-order chi connectivity index (χ0) is 17.3. The lowest BCUT2D eigenvalue weighted by molar-refractivity contribution is -0.135. The van der Waals surface area contributed by atoms with Crippen molar-refractivity contribution in [2.24, 2.45) is 0 Å². The van der Waals surface area contributed by atoms with Crippen molar-refractivity contribution in [3.8, 4) is 0 Å². The normalized spacial score (nSPS) is 21.2. The van der Waals surface area contributed by atoms with Gasteiger partial charge in [0.15, 0.2) is 0 Å². The molecule has 2 aliphatic heterocycles. The summed E-state index contributed by atoms with van der Waals surface area (Å²) in [6, 6.07) is 2.16. The fraction of sp³-hybridized carbons (Fsp3) is 0.667. The molecule has 0 saturated carbocycles. The Bertz CT molecular complexity index is 643. The topological polar surface area (TPSA) is 57.6 Å². The van der Waals surface area contributed by atoms with Crippen molar-refractivity contribution < 1.29 is 9.59 Å². The van der Waals surface area contributed by atoms with E-state index in [1.165, 1.54) is 0 Å². The van der Waals surface area contributed by atoms with E-state index in [1.807, 2.05) is 29.7 Å². The Morgan fingerprint density at radius 1 is 1.32 bits per heavy atom. The summed E-state index contributed by atoms with van der Waals surface area (Å²) < 4.78 is 2.18. The van der Waals surface area contributed by atoms with Crippen molar-refractivity contribution in [1.29, 1.82) is 0 Å². The maximum absolute atomic E-state index is 13.0. The van der Waals surface area contributed by atoms with Gasteiger partial charge in [0.25, 0.3) is 5.91 Å². The molecule has 2 saturated heterocycles. The molecule has 140 valence electrons. The highest BCUT2D eigenvalue weighted by molar-refractivity contribution is 5.96. The summed E-state index contributed by atoms with van der Waals surface area (Å²) in [5, 5.41) is 3.11. The number of nitrogens with zero attached hydrogens (tertiary/aromatic N) is 3. The molecule has 0 radical (unpaired) electrons. The molecule has 1 aromatic heterocycles. The average molecular weight is 369 g/mol. The molecule has 3 rings (SSSR count). The number of rotatable bonds is 3. The average Bonchev–Trinajstić information content (AvgIpc) is 2.88. The summed E-state index contributed by atoms with van der Waals surface area (Å²) >= 11 is 0. The minimum absolute atomic E-state index is 0. The maximum Gasteiger partial charge on any atom is 0.255 e. The predicted octanol–water partition coefficient (Wildman–Crippen LogP) is 1.58. The number of halogens is 1. The number of carbonyl (C=O) groups excluding carboxylic acids is 2. The van der Waals surface area contributed by atoms with Crippen molar-refractivity contribution in [2.45, 2.75) is 46.2 Å². The summed E-state index contributed by atoms with van der Waals surface area (Å²) in [5.74, 6) is 0.264. The van der Waals surface area contributed by atoms with Crippen LogP contribution in [0.5, 0.6) is 0 Å². The van der Waals surface area contributed by atoms with Gasteiger partial charge in [-0.25, -0.2) is 0 Å². The Kier molecular flexibility index (Phi) is 6.52. The second-order valence-electron chi connectivity index (χ2n) is 6.84. The van der Waals surface area contributed by atoms with Crippen LogP contribution >= 0.6 is 12.4 Å². The molecule has 1 aromatic rings. The minimum Gasteiger partial charge on any atom is -0.349 e. The van der Waals surface area contributed by atoms with Crippen LogP contribution in [-0.4, -0.2) is 64.9 Å². The van der Waals surface area contributed by atoms with Crippen molar-refractivity contribution in [3.63, 3.8) is 0 Å². The van der Waals surface area contributed by atoms with Crippen molar-refractivity contribution in [1.82, 2.24) is 19.7 Å². The van der Waals surface area contributed by atoms with E-state index in [4.69, 9.17) is 0 Å². The molecule has 0 bridgehead atoms. The first kappa shape index (κ1) is 19.8. The van der Waals surface area contributed by atoms with Crippen molar-refractivity contribution in [3.05, 3.63) is 23.0 Å². The molecule has 3 heterocycles. The Morgan fingerprint density at radius 2 is 2.08 bits per heavy atom. The number of carbonyl (C=O) groups is 2. The van der Waals surface area contributed by atoms with E-state index in [1.54, 1.807) is 0 Å². The molecule has 2 amide bonds. The third kappa shape index (κ3) is 3.85. The Hall–Kier alpha value is -1.53. The second kappa shape index (κ2) is 8.23. The zero-order valence-corrected chi connectivity index (χ0v) is 16.2. The maximum atomic E-state index is 13.0. The molecule has 25 heavy (non-hydrogen) atoms. The summed E-state index contributed by atoms with van der Waals surface area (Å²) in [6.45, 7) is 10.5. The van der Waals surface area contributed by atoms with Crippen LogP contribution in [0.25, 0.3) is 0 Å². The third-order valence-corrected chi connectivity index (χ3v) is 5.37. The number of likely N-dealkylation sites (tertiary alicyclic amines) is 1. The van der Waals surface area contributed by atoms with Gasteiger partial charge in [0.2, 0.25) is 5.91 Å². The van der Waals surface area contributed by atoms with Crippen LogP contribution in [0.4, 0.5) is 0 Å². The van der Waals surface area contributed by atoms with Crippen LogP contribution in [0.3, 0.4) is 0 Å². The quantitative estimate of drug-likeness (QED) is 0.881. The zero-order valence-electron chi connectivity index (χ0n) is 15.4. The number of hydrogen-bond acceptors (Lipinski definition) is 3. The molecule has 0 spiro atoms. The van der Waals surface area contributed by atoms with Gasteiger partial charge in [0, 0.05) is 50.2 Å². The molecule has 7 heteroatoms. The molecule has 2 fully saturated rings. The van der Waals surface area contributed by atoms with E-state index in [0.29, 0.717) is 13.1 Å². The van der Waals surface area contributed by atoms with Gasteiger partial charge in [-0.2, -0.15) is 0 Å². The summed E-state index contributed by atoms with van der Waals surface area (Å²) in [4.78, 5) is 29.0. The van der Waals surface area contributed by atoms with Gasteiger partial charge in [0.05, 0.1) is 12.1 Å². The lowest BCUT2D eigenvalue weighted by Gasteiger charge is -2.41. The van der Waals surface area contributed by atoms with Gasteiger partial charge in [-0.15, -0.1) is 12.4 Å². The molecule has 0 aromatic carbocycles. The summed E-state index contributed by atoms with van der Waals surface area (Å²) in [7, 11) is 0. The fourth-order valence-corrected chi connectivity index (χ4v) is 4.08. The number of piperidine rings is 1. The monoisotopic (exact) mass is 368 g/mol. The molecule has 6 nitrogen and oxygen atoms in total. The standard InChI is InChI=1S/C18H28N4O2.ClH/c1-4-21-13(2)10-16(14(21)3)18(24)20-8-5-6-15(12-20)22-9-7-19-11-17(22)23;/h10,15,19H,4-9,11-12H2,1-3H3;1H. The van der Waals surface area contributed by atoms with E-state index >= 15 is 0 Å². The first-order valence-corrected chi connectivity index (χ1v) is 8.99. The number of hydrogen-bond donors (Lipinski definition) is 1. The lowest BCUT2D eigenvalue weighted by atomic mass is 10.0. The molecule has 1 N–H and O–H groups in total. The van der Waals surface area contributed by atoms with E-state index in [0.717, 1.165) is 56.0 Å². The first-order chi connectivity index (χ1) is 11.5. The number of nitrogens with one attached hydrogen (secondary N) is 1. The molecular formula is C18H29ClN4O2. The number of piperazine rings is 1. The number of aromatic nitrogens is 1. The second-order valence-corrected chi connectivity index (χ2v) is 6.84. The highest BCUT2D eigenvalue weighted by atomic mass is 35.5. The highest BCUT2D eigenvalue weighted by Crippen LogP contribution is 2.22. The highest BCUT2D eigenvalue weighted by Gasteiger charge is 2.32. The lowest BCUT2D eigenvalue weighted by Crippen LogP contribution is -2.57. The molecule has 1 atom stereocenters. The van der Waals surface area contributed by atoms with Gasteiger partial charge in [-0.1, -0.05) is 0 Å². The van der Waals surface area contributed by atoms with Crippen LogP contribution in [0.2, 0.25) is 0 Å². The van der Waals surface area contributed by atoms with Gasteiger partial charge in [-0.05, 0) is 39.7 Å². The number of aryl methyl sites for hydroxylation is 1. The third-order valence-electron chi connectivity index (χ3n) is 5.37. The smallest absolute Gasteiger partial charge is 0.255 e. The van der Waals surface area contributed by atoms with Crippen LogP contribution in [-0.2, 0) is 11.3 Å². The van der Waals surface area contributed by atoms with Crippen molar-refractivity contribution in [2.75, 3.05) is 32.7 Å². The van der Waals surface area contributed by atoms with E-state index in [9.17, 15) is 9.59 Å². The van der Waals surface area contributed by atoms with E-state index < -0.39 is 0 Å². The molecule has 1 unspecified atom stereocenters. The van der Waals surface area contributed by atoms with Gasteiger partial charge < -0.3 is 19.7 Å². The SMILES string of the molecule is CCn1c(C)cc(C(=O)N2CCCC(N3CCNCC3=O)C2)c1C.Cl. The Morgan fingerprint density at radius 3 is 2.72 bits per heavy atom. The van der Waals surface area contributed by atoms with Gasteiger partial charge in [0.1, 0.15) is 0 Å². The molecular weight excluding hydrogens is 340 g/mol. The van der Waals surface area contributed by atoms with Crippen LogP contribution < -0.4 is 5.32 Å². The predicted molar refractivity (Wildman–Crippen MR) is 100 cm³/mol. The Balaban J connectivity index is 0.00000225. The summed E-state index contributed by atoms with van der Waals surface area (Å²) in [6.07, 6.45) is 1.95. The first-order valence-electron chi connectivity index (χ1n) is 8.99. The van der Waals surface area contributed by atoms with Gasteiger partial charge in [-0.3, -0.25) is 9.59 Å². The molecule has 2 aliphatic rings. The van der Waals surface area contributed by atoms with Gasteiger partial charge >= 0.3 is 0 Å². The Labute approximate surface area is 155 Å². The fourth-order valence-electron chi connectivity index (χ4n) is 4.08. The van der Waals surface area contributed by atoms with Crippen molar-refractivity contribution >= 4 is 24.2 Å². The minimum atomic E-state index is 0.